The number of hydrogen-bond acceptors (Lipinski definition) is 5. The van der Waals surface area contributed by atoms with Crippen LogP contribution in [0.25, 0.3) is 81.8 Å². The Labute approximate surface area is 256 Å². The monoisotopic (exact) mass is 581 g/mol. The zero-order valence-electron chi connectivity index (χ0n) is 23.4. The van der Waals surface area contributed by atoms with Crippen molar-refractivity contribution in [3.63, 3.8) is 0 Å². The molecular formula is C38H23N5S. The lowest BCUT2D eigenvalue weighted by atomic mass is 10.1. The predicted octanol–water partition coefficient (Wildman–Crippen LogP) is 9.73. The standard InChI is InChI=1S/C38H23N5S/c1-3-9-24(10-4-1)30-20-21-31-35(41-30)29-19-22-33-34(28-13-7-8-14-32(28)44-33)36(29)43(31)27-17-15-26(16-18-27)38-40-23-39-37(42-38)25-11-5-2-6-12-25/h1-23H. The average Bonchev–Trinajstić information content (AvgIpc) is 3.64. The van der Waals surface area contributed by atoms with Gasteiger partial charge in [0, 0.05) is 47.9 Å². The van der Waals surface area contributed by atoms with Gasteiger partial charge in [0.25, 0.3) is 0 Å². The van der Waals surface area contributed by atoms with Gasteiger partial charge in [0.05, 0.1) is 22.2 Å². The van der Waals surface area contributed by atoms with Crippen molar-refractivity contribution < 1.29 is 0 Å². The molecule has 0 saturated carbocycles. The van der Waals surface area contributed by atoms with E-state index in [1.54, 1.807) is 6.33 Å². The van der Waals surface area contributed by atoms with Crippen LogP contribution in [0, 0.1) is 0 Å². The molecular weight excluding hydrogens is 559 g/mol. The molecule has 0 bridgehead atoms. The summed E-state index contributed by atoms with van der Waals surface area (Å²) in [6.45, 7) is 0. The maximum atomic E-state index is 5.25. The first kappa shape index (κ1) is 24.8. The number of benzene rings is 5. The molecule has 5 aromatic carbocycles. The van der Waals surface area contributed by atoms with Gasteiger partial charge in [-0.25, -0.2) is 19.9 Å². The summed E-state index contributed by atoms with van der Waals surface area (Å²) in [7, 11) is 0. The Bertz CT molecular complexity index is 2480. The minimum absolute atomic E-state index is 0.646. The Hall–Kier alpha value is -5.72. The lowest BCUT2D eigenvalue weighted by Gasteiger charge is -2.10. The second kappa shape index (κ2) is 9.93. The van der Waals surface area contributed by atoms with Crippen LogP contribution in [-0.2, 0) is 0 Å². The van der Waals surface area contributed by atoms with E-state index in [1.165, 1.54) is 25.7 Å². The lowest BCUT2D eigenvalue weighted by Crippen LogP contribution is -1.97. The smallest absolute Gasteiger partial charge is 0.163 e. The first-order valence-electron chi connectivity index (χ1n) is 14.5. The number of hydrogen-bond donors (Lipinski definition) is 0. The first-order valence-corrected chi connectivity index (χ1v) is 15.3. The molecule has 0 aliphatic heterocycles. The third-order valence-corrected chi connectivity index (χ3v) is 9.30. The van der Waals surface area contributed by atoms with Crippen LogP contribution in [0.1, 0.15) is 0 Å². The van der Waals surface area contributed by atoms with Crippen LogP contribution in [0.15, 0.2) is 140 Å². The molecule has 0 saturated heterocycles. The molecule has 0 N–H and O–H groups in total. The quantitative estimate of drug-likeness (QED) is 0.208. The molecule has 0 unspecified atom stereocenters. The average molecular weight is 582 g/mol. The van der Waals surface area contributed by atoms with E-state index in [1.807, 2.05) is 47.7 Å². The van der Waals surface area contributed by atoms with Gasteiger partial charge < -0.3 is 4.57 Å². The number of fused-ring (bicyclic) bond motifs is 7. The van der Waals surface area contributed by atoms with E-state index >= 15 is 0 Å². The largest absolute Gasteiger partial charge is 0.307 e. The third-order valence-electron chi connectivity index (χ3n) is 8.17. The van der Waals surface area contributed by atoms with Crippen LogP contribution in [0.2, 0.25) is 0 Å². The van der Waals surface area contributed by atoms with Crippen LogP contribution in [0.4, 0.5) is 0 Å². The van der Waals surface area contributed by atoms with Gasteiger partial charge in [0.1, 0.15) is 6.33 Å². The van der Waals surface area contributed by atoms with Gasteiger partial charge in [0.15, 0.2) is 11.6 Å². The number of pyridine rings is 1. The fraction of sp³-hybridized carbons (Fsp3) is 0. The predicted molar refractivity (Wildman–Crippen MR) is 181 cm³/mol. The lowest BCUT2D eigenvalue weighted by molar-refractivity contribution is 1.06. The molecule has 0 spiro atoms. The molecule has 0 fully saturated rings. The molecule has 0 radical (unpaired) electrons. The van der Waals surface area contributed by atoms with Gasteiger partial charge in [-0.3, -0.25) is 0 Å². The molecule has 0 atom stereocenters. The number of aromatic nitrogens is 5. The van der Waals surface area contributed by atoms with Gasteiger partial charge in [-0.05, 0) is 54.6 Å². The Morgan fingerprint density at radius 2 is 1.18 bits per heavy atom. The maximum Gasteiger partial charge on any atom is 0.163 e. The van der Waals surface area contributed by atoms with E-state index in [0.717, 1.165) is 44.5 Å². The minimum Gasteiger partial charge on any atom is -0.307 e. The van der Waals surface area contributed by atoms with Gasteiger partial charge in [0.2, 0.25) is 0 Å². The molecule has 44 heavy (non-hydrogen) atoms. The van der Waals surface area contributed by atoms with Crippen molar-refractivity contribution >= 4 is 53.4 Å². The van der Waals surface area contributed by atoms with Gasteiger partial charge in [-0.15, -0.1) is 11.3 Å². The summed E-state index contributed by atoms with van der Waals surface area (Å²) < 4.78 is 4.91. The molecule has 4 aromatic heterocycles. The molecule has 9 rings (SSSR count). The highest BCUT2D eigenvalue weighted by Crippen LogP contribution is 2.43. The SMILES string of the molecule is c1ccc(-c2ccc3c(n2)c2ccc4sc5ccccc5c4c2n3-c2ccc(-c3ncnc(-c4ccccc4)n3)cc2)cc1. The van der Waals surface area contributed by atoms with Crippen molar-refractivity contribution in [3.8, 4) is 39.7 Å². The fourth-order valence-corrected chi connectivity index (χ4v) is 7.24. The first-order chi connectivity index (χ1) is 21.8. The Balaban J connectivity index is 1.27. The number of nitrogens with zero attached hydrogens (tertiary/aromatic N) is 5. The second-order valence-electron chi connectivity index (χ2n) is 10.7. The fourth-order valence-electron chi connectivity index (χ4n) is 6.13. The molecule has 0 amide bonds. The summed E-state index contributed by atoms with van der Waals surface area (Å²) in [6, 6.07) is 46.3. The Kier molecular flexibility index (Phi) is 5.61. The molecule has 6 heteroatoms. The number of rotatable bonds is 4. The third kappa shape index (κ3) is 3.92. The summed E-state index contributed by atoms with van der Waals surface area (Å²) in [5, 5.41) is 3.67. The van der Waals surface area contributed by atoms with Crippen molar-refractivity contribution in [3.05, 3.63) is 140 Å². The Morgan fingerprint density at radius 3 is 1.95 bits per heavy atom. The minimum atomic E-state index is 0.646. The van der Waals surface area contributed by atoms with Crippen LogP contribution in [0.5, 0.6) is 0 Å². The maximum absolute atomic E-state index is 5.25. The number of thiophene rings is 1. The van der Waals surface area contributed by atoms with Crippen molar-refractivity contribution in [2.45, 2.75) is 0 Å². The molecule has 9 aromatic rings. The van der Waals surface area contributed by atoms with Gasteiger partial charge in [-0.1, -0.05) is 78.9 Å². The molecule has 206 valence electrons. The van der Waals surface area contributed by atoms with Crippen molar-refractivity contribution in [1.82, 2.24) is 24.5 Å². The van der Waals surface area contributed by atoms with Crippen LogP contribution < -0.4 is 0 Å². The van der Waals surface area contributed by atoms with E-state index in [2.05, 4.69) is 112 Å². The van der Waals surface area contributed by atoms with E-state index < -0.39 is 0 Å². The topological polar surface area (TPSA) is 56.5 Å². The summed E-state index contributed by atoms with van der Waals surface area (Å²) in [5.74, 6) is 1.31. The van der Waals surface area contributed by atoms with Crippen molar-refractivity contribution in [1.29, 1.82) is 0 Å². The summed E-state index contributed by atoms with van der Waals surface area (Å²) in [5.41, 5.74) is 8.27. The molecule has 5 nitrogen and oxygen atoms in total. The van der Waals surface area contributed by atoms with Crippen LogP contribution in [0.3, 0.4) is 0 Å². The van der Waals surface area contributed by atoms with Crippen molar-refractivity contribution in [2.75, 3.05) is 0 Å². The van der Waals surface area contributed by atoms with Crippen LogP contribution >= 0.6 is 11.3 Å². The highest BCUT2D eigenvalue weighted by Gasteiger charge is 2.20. The van der Waals surface area contributed by atoms with E-state index in [4.69, 9.17) is 9.97 Å². The summed E-state index contributed by atoms with van der Waals surface area (Å²) >= 11 is 1.83. The molecule has 0 aliphatic carbocycles. The van der Waals surface area contributed by atoms with Crippen LogP contribution in [-0.4, -0.2) is 24.5 Å². The van der Waals surface area contributed by atoms with Gasteiger partial charge in [-0.2, -0.15) is 0 Å². The van der Waals surface area contributed by atoms with Gasteiger partial charge >= 0.3 is 0 Å². The summed E-state index contributed by atoms with van der Waals surface area (Å²) in [6.07, 6.45) is 1.58. The molecule has 4 heterocycles. The van der Waals surface area contributed by atoms with E-state index in [0.29, 0.717) is 11.6 Å². The van der Waals surface area contributed by atoms with E-state index in [-0.39, 0.29) is 0 Å². The highest BCUT2D eigenvalue weighted by atomic mass is 32.1. The zero-order valence-corrected chi connectivity index (χ0v) is 24.2. The van der Waals surface area contributed by atoms with E-state index in [9.17, 15) is 0 Å². The highest BCUT2D eigenvalue weighted by molar-refractivity contribution is 7.26. The molecule has 0 aliphatic rings. The zero-order chi connectivity index (χ0) is 29.0. The Morgan fingerprint density at radius 1 is 0.500 bits per heavy atom. The summed E-state index contributed by atoms with van der Waals surface area (Å²) in [4.78, 5) is 18.9. The normalized spacial score (nSPS) is 11.6. The van der Waals surface area contributed by atoms with Crippen molar-refractivity contribution in [2.24, 2.45) is 0 Å². The second-order valence-corrected chi connectivity index (χ2v) is 11.8.